The van der Waals surface area contributed by atoms with E-state index in [-0.39, 0.29) is 11.6 Å². The predicted molar refractivity (Wildman–Crippen MR) is 57.7 cm³/mol. The monoisotopic (exact) mass is 183 g/mol. The molecule has 0 aromatic rings. The standard InChI is InChI=1S/C10H21N3/c1-6-7-9(8-11-5)12-13-10(2,3)4/h8-9H,6-7H2,1-5H3. The molecule has 0 radical (unpaired) electrons. The summed E-state index contributed by atoms with van der Waals surface area (Å²) in [4.78, 5) is 3.98. The third kappa shape index (κ3) is 7.62. The van der Waals surface area contributed by atoms with Crippen LogP contribution in [0.15, 0.2) is 15.2 Å². The molecule has 13 heavy (non-hydrogen) atoms. The Morgan fingerprint density at radius 3 is 2.31 bits per heavy atom. The average Bonchev–Trinajstić information content (AvgIpc) is 2.00. The van der Waals surface area contributed by atoms with Gasteiger partial charge in [0.1, 0.15) is 6.04 Å². The largest absolute Gasteiger partial charge is 0.299 e. The molecule has 0 bridgehead atoms. The van der Waals surface area contributed by atoms with Crippen molar-refractivity contribution in [3.05, 3.63) is 0 Å². The van der Waals surface area contributed by atoms with Crippen molar-refractivity contribution in [2.75, 3.05) is 7.05 Å². The molecule has 0 saturated carbocycles. The molecular weight excluding hydrogens is 162 g/mol. The van der Waals surface area contributed by atoms with Crippen molar-refractivity contribution in [2.24, 2.45) is 15.2 Å². The second kappa shape index (κ2) is 5.84. The van der Waals surface area contributed by atoms with Gasteiger partial charge in [-0.1, -0.05) is 13.3 Å². The van der Waals surface area contributed by atoms with E-state index in [2.05, 4.69) is 22.1 Å². The van der Waals surface area contributed by atoms with Crippen LogP contribution >= 0.6 is 0 Å². The molecule has 0 rings (SSSR count). The summed E-state index contributed by atoms with van der Waals surface area (Å²) in [6.45, 7) is 8.27. The quantitative estimate of drug-likeness (QED) is 0.474. The van der Waals surface area contributed by atoms with Crippen LogP contribution in [0, 0.1) is 0 Å². The third-order valence-electron chi connectivity index (χ3n) is 1.41. The molecule has 1 unspecified atom stereocenters. The van der Waals surface area contributed by atoms with E-state index in [0.29, 0.717) is 0 Å². The van der Waals surface area contributed by atoms with Gasteiger partial charge in [0.2, 0.25) is 0 Å². The number of hydrogen-bond donors (Lipinski definition) is 0. The van der Waals surface area contributed by atoms with E-state index in [1.165, 1.54) is 0 Å². The molecule has 76 valence electrons. The molecule has 0 aliphatic heterocycles. The summed E-state index contributed by atoms with van der Waals surface area (Å²) in [5.74, 6) is 0. The van der Waals surface area contributed by atoms with Crippen molar-refractivity contribution >= 4 is 6.21 Å². The minimum atomic E-state index is -0.0758. The van der Waals surface area contributed by atoms with Crippen molar-refractivity contribution in [2.45, 2.75) is 52.1 Å². The summed E-state index contributed by atoms with van der Waals surface area (Å²) in [7, 11) is 1.77. The lowest BCUT2D eigenvalue weighted by Crippen LogP contribution is -2.12. The van der Waals surface area contributed by atoms with Crippen LogP contribution in [-0.4, -0.2) is 24.8 Å². The lowest BCUT2D eigenvalue weighted by atomic mass is 10.1. The number of rotatable bonds is 4. The fraction of sp³-hybridized carbons (Fsp3) is 0.900. The molecule has 0 aromatic carbocycles. The molecule has 0 heterocycles. The molecule has 1 atom stereocenters. The van der Waals surface area contributed by atoms with Crippen LogP contribution in [0.1, 0.15) is 40.5 Å². The fourth-order valence-corrected chi connectivity index (χ4v) is 0.877. The predicted octanol–water partition coefficient (Wildman–Crippen LogP) is 3.11. The lowest BCUT2D eigenvalue weighted by Gasteiger charge is -2.11. The van der Waals surface area contributed by atoms with Crippen LogP contribution in [0.5, 0.6) is 0 Å². The van der Waals surface area contributed by atoms with Gasteiger partial charge in [-0.3, -0.25) is 4.99 Å². The summed E-state index contributed by atoms with van der Waals surface area (Å²) in [6.07, 6.45) is 4.00. The summed E-state index contributed by atoms with van der Waals surface area (Å²) in [5, 5.41) is 8.48. The molecule has 0 aliphatic carbocycles. The Morgan fingerprint density at radius 2 is 1.92 bits per heavy atom. The van der Waals surface area contributed by atoms with Crippen LogP contribution in [0.2, 0.25) is 0 Å². The van der Waals surface area contributed by atoms with Gasteiger partial charge in [-0.2, -0.15) is 10.2 Å². The Balaban J connectivity index is 4.16. The van der Waals surface area contributed by atoms with E-state index in [4.69, 9.17) is 0 Å². The van der Waals surface area contributed by atoms with Crippen molar-refractivity contribution in [3.63, 3.8) is 0 Å². The Morgan fingerprint density at radius 1 is 1.31 bits per heavy atom. The van der Waals surface area contributed by atoms with Gasteiger partial charge in [0.05, 0.1) is 5.54 Å². The summed E-state index contributed by atoms with van der Waals surface area (Å²) < 4.78 is 0. The van der Waals surface area contributed by atoms with Gasteiger partial charge in [0.25, 0.3) is 0 Å². The topological polar surface area (TPSA) is 37.1 Å². The number of azo groups is 1. The van der Waals surface area contributed by atoms with Gasteiger partial charge < -0.3 is 0 Å². The van der Waals surface area contributed by atoms with Crippen LogP contribution in [0.25, 0.3) is 0 Å². The lowest BCUT2D eigenvalue weighted by molar-refractivity contribution is 0.523. The molecule has 0 saturated heterocycles. The van der Waals surface area contributed by atoms with Crippen molar-refractivity contribution in [3.8, 4) is 0 Å². The first-order valence-electron chi connectivity index (χ1n) is 4.84. The number of aliphatic imine (C=N–C) groups is 1. The first kappa shape index (κ1) is 12.3. The highest BCUT2D eigenvalue weighted by molar-refractivity contribution is 5.64. The molecule has 3 nitrogen and oxygen atoms in total. The van der Waals surface area contributed by atoms with E-state index < -0.39 is 0 Å². The van der Waals surface area contributed by atoms with E-state index in [1.807, 2.05) is 27.0 Å². The molecule has 0 N–H and O–H groups in total. The highest BCUT2D eigenvalue weighted by atomic mass is 15.2. The second-order valence-electron chi connectivity index (χ2n) is 4.15. The van der Waals surface area contributed by atoms with Crippen molar-refractivity contribution in [1.29, 1.82) is 0 Å². The molecule has 0 aromatic heterocycles. The first-order chi connectivity index (χ1) is 5.99. The highest BCUT2D eigenvalue weighted by Gasteiger charge is 2.08. The Hall–Kier alpha value is -0.730. The van der Waals surface area contributed by atoms with Gasteiger partial charge >= 0.3 is 0 Å². The Kier molecular flexibility index (Phi) is 5.51. The van der Waals surface area contributed by atoms with E-state index >= 15 is 0 Å². The summed E-state index contributed by atoms with van der Waals surface area (Å²) >= 11 is 0. The maximum absolute atomic E-state index is 4.25. The van der Waals surface area contributed by atoms with E-state index in [1.54, 1.807) is 7.05 Å². The van der Waals surface area contributed by atoms with Crippen LogP contribution in [0.3, 0.4) is 0 Å². The zero-order valence-electron chi connectivity index (χ0n) is 9.41. The number of hydrogen-bond acceptors (Lipinski definition) is 3. The van der Waals surface area contributed by atoms with Crippen molar-refractivity contribution < 1.29 is 0 Å². The molecule has 0 fully saturated rings. The maximum atomic E-state index is 4.25. The Bertz CT molecular complexity index is 177. The van der Waals surface area contributed by atoms with Crippen LogP contribution in [0.4, 0.5) is 0 Å². The smallest absolute Gasteiger partial charge is 0.105 e. The normalized spacial score (nSPS) is 15.8. The van der Waals surface area contributed by atoms with Gasteiger partial charge in [-0.15, -0.1) is 0 Å². The van der Waals surface area contributed by atoms with Gasteiger partial charge in [-0.05, 0) is 27.2 Å². The molecular formula is C10H21N3. The van der Waals surface area contributed by atoms with Gasteiger partial charge in [0.15, 0.2) is 0 Å². The zero-order valence-corrected chi connectivity index (χ0v) is 9.41. The fourth-order valence-electron chi connectivity index (χ4n) is 0.877. The molecule has 0 aliphatic rings. The minimum Gasteiger partial charge on any atom is -0.299 e. The first-order valence-corrected chi connectivity index (χ1v) is 4.84. The Labute approximate surface area is 81.4 Å². The zero-order chi connectivity index (χ0) is 10.3. The number of nitrogens with zero attached hydrogens (tertiary/aromatic N) is 3. The SMILES string of the molecule is CCCC(C=NC)N=NC(C)(C)C. The summed E-state index contributed by atoms with van der Waals surface area (Å²) in [5.41, 5.74) is -0.0758. The van der Waals surface area contributed by atoms with E-state index in [0.717, 1.165) is 12.8 Å². The average molecular weight is 183 g/mol. The molecule has 3 heteroatoms. The van der Waals surface area contributed by atoms with Crippen LogP contribution in [-0.2, 0) is 0 Å². The van der Waals surface area contributed by atoms with Crippen molar-refractivity contribution in [1.82, 2.24) is 0 Å². The maximum Gasteiger partial charge on any atom is 0.105 e. The second-order valence-corrected chi connectivity index (χ2v) is 4.15. The minimum absolute atomic E-state index is 0.0758. The third-order valence-corrected chi connectivity index (χ3v) is 1.41. The summed E-state index contributed by atoms with van der Waals surface area (Å²) in [6, 6.07) is 0.161. The molecule has 0 spiro atoms. The van der Waals surface area contributed by atoms with Crippen LogP contribution < -0.4 is 0 Å². The van der Waals surface area contributed by atoms with E-state index in [9.17, 15) is 0 Å². The van der Waals surface area contributed by atoms with Gasteiger partial charge in [0, 0.05) is 13.3 Å². The molecule has 0 amide bonds. The van der Waals surface area contributed by atoms with Gasteiger partial charge in [-0.25, -0.2) is 0 Å². The highest BCUT2D eigenvalue weighted by Crippen LogP contribution is 2.09.